The predicted octanol–water partition coefficient (Wildman–Crippen LogP) is 3.29. The summed E-state index contributed by atoms with van der Waals surface area (Å²) in [6.45, 7) is 1.90. The molecule has 0 atom stereocenters. The van der Waals surface area contributed by atoms with E-state index in [9.17, 15) is 8.78 Å². The van der Waals surface area contributed by atoms with Crippen LogP contribution in [0.2, 0.25) is 0 Å². The van der Waals surface area contributed by atoms with Crippen LogP contribution in [-0.2, 0) is 5.41 Å². The van der Waals surface area contributed by atoms with E-state index in [0.717, 1.165) is 11.1 Å². The third-order valence-electron chi connectivity index (χ3n) is 2.89. The molecule has 0 bridgehead atoms. The predicted molar refractivity (Wildman–Crippen MR) is 48.1 cm³/mol. The zero-order valence-electron chi connectivity index (χ0n) is 7.56. The largest absolute Gasteiger partial charge is 0.248 e. The lowest BCUT2D eigenvalue weighted by atomic mass is 9.92. The molecule has 0 aliphatic heterocycles. The van der Waals surface area contributed by atoms with Gasteiger partial charge in [-0.15, -0.1) is 0 Å². The summed E-state index contributed by atoms with van der Waals surface area (Å²) >= 11 is 0. The maximum atomic E-state index is 12.7. The first-order valence-corrected chi connectivity index (χ1v) is 4.51. The highest BCUT2D eigenvalue weighted by atomic mass is 19.3. The van der Waals surface area contributed by atoms with Crippen molar-refractivity contribution in [1.29, 1.82) is 0 Å². The second kappa shape index (κ2) is 2.79. The number of aryl methyl sites for hydroxylation is 1. The van der Waals surface area contributed by atoms with Crippen molar-refractivity contribution in [2.75, 3.05) is 0 Å². The maximum absolute atomic E-state index is 12.7. The van der Waals surface area contributed by atoms with Gasteiger partial charge in [-0.3, -0.25) is 0 Å². The van der Waals surface area contributed by atoms with E-state index in [-0.39, 0.29) is 0 Å². The van der Waals surface area contributed by atoms with Gasteiger partial charge in [-0.2, -0.15) is 0 Å². The van der Waals surface area contributed by atoms with Crippen LogP contribution in [0.15, 0.2) is 24.3 Å². The lowest BCUT2D eigenvalue weighted by Gasteiger charge is -2.16. The fourth-order valence-electron chi connectivity index (χ4n) is 1.87. The van der Waals surface area contributed by atoms with Crippen molar-refractivity contribution in [2.45, 2.75) is 31.6 Å². The maximum Gasteiger partial charge on any atom is 0.248 e. The Labute approximate surface area is 76.6 Å². The van der Waals surface area contributed by atoms with Crippen LogP contribution in [0.1, 0.15) is 24.0 Å². The first-order chi connectivity index (χ1) is 6.17. The Hall–Kier alpha value is -0.920. The molecule has 1 fully saturated rings. The molecule has 0 amide bonds. The van der Waals surface area contributed by atoms with Crippen LogP contribution in [0.4, 0.5) is 8.78 Å². The Kier molecular flexibility index (Phi) is 1.86. The molecule has 0 saturated heterocycles. The molecule has 13 heavy (non-hydrogen) atoms. The van der Waals surface area contributed by atoms with Crippen LogP contribution in [-0.4, -0.2) is 6.43 Å². The SMILES string of the molecule is Cc1ccccc1C1(C(F)F)CC1. The molecule has 0 radical (unpaired) electrons. The zero-order valence-corrected chi connectivity index (χ0v) is 7.56. The monoisotopic (exact) mass is 182 g/mol. The average Bonchev–Trinajstić information content (AvgIpc) is 2.85. The van der Waals surface area contributed by atoms with Crippen LogP contribution >= 0.6 is 0 Å². The Bertz CT molecular complexity index is 314. The lowest BCUT2D eigenvalue weighted by Crippen LogP contribution is -2.18. The van der Waals surface area contributed by atoms with E-state index in [1.165, 1.54) is 0 Å². The van der Waals surface area contributed by atoms with Gasteiger partial charge in [0.25, 0.3) is 0 Å². The summed E-state index contributed by atoms with van der Waals surface area (Å²) in [5, 5.41) is 0. The van der Waals surface area contributed by atoms with Gasteiger partial charge in [0.05, 0.1) is 5.41 Å². The fraction of sp³-hybridized carbons (Fsp3) is 0.455. The molecule has 70 valence electrons. The van der Waals surface area contributed by atoms with Crippen molar-refractivity contribution in [3.63, 3.8) is 0 Å². The molecular weight excluding hydrogens is 170 g/mol. The van der Waals surface area contributed by atoms with Gasteiger partial charge in [0.2, 0.25) is 6.43 Å². The molecular formula is C11H12F2. The second-order valence-corrected chi connectivity index (χ2v) is 3.77. The quantitative estimate of drug-likeness (QED) is 0.658. The normalized spacial score (nSPS) is 19.1. The first-order valence-electron chi connectivity index (χ1n) is 4.51. The van der Waals surface area contributed by atoms with E-state index in [2.05, 4.69) is 0 Å². The minimum atomic E-state index is -2.21. The molecule has 0 aromatic heterocycles. The Balaban J connectivity index is 2.41. The molecule has 2 rings (SSSR count). The van der Waals surface area contributed by atoms with E-state index in [4.69, 9.17) is 0 Å². The molecule has 1 saturated carbocycles. The van der Waals surface area contributed by atoms with Crippen molar-refractivity contribution >= 4 is 0 Å². The molecule has 2 heteroatoms. The number of alkyl halides is 2. The van der Waals surface area contributed by atoms with E-state index >= 15 is 0 Å². The van der Waals surface area contributed by atoms with E-state index < -0.39 is 11.8 Å². The minimum absolute atomic E-state index is 0.634. The molecule has 0 nitrogen and oxygen atoms in total. The van der Waals surface area contributed by atoms with Crippen molar-refractivity contribution in [3.8, 4) is 0 Å². The topological polar surface area (TPSA) is 0 Å². The van der Waals surface area contributed by atoms with Gasteiger partial charge < -0.3 is 0 Å². The Morgan fingerprint density at radius 1 is 1.23 bits per heavy atom. The summed E-state index contributed by atoms with van der Waals surface area (Å²) in [4.78, 5) is 0. The summed E-state index contributed by atoms with van der Waals surface area (Å²) in [5.41, 5.74) is 1.02. The minimum Gasteiger partial charge on any atom is -0.210 e. The van der Waals surface area contributed by atoms with Gasteiger partial charge in [-0.1, -0.05) is 24.3 Å². The van der Waals surface area contributed by atoms with Gasteiger partial charge in [0.15, 0.2) is 0 Å². The fourth-order valence-corrected chi connectivity index (χ4v) is 1.87. The molecule has 1 aromatic carbocycles. The highest BCUT2D eigenvalue weighted by Crippen LogP contribution is 2.53. The second-order valence-electron chi connectivity index (χ2n) is 3.77. The summed E-state index contributed by atoms with van der Waals surface area (Å²) in [6, 6.07) is 7.46. The summed E-state index contributed by atoms with van der Waals surface area (Å²) in [5.74, 6) is 0. The molecule has 0 N–H and O–H groups in total. The van der Waals surface area contributed by atoms with E-state index in [0.29, 0.717) is 12.8 Å². The van der Waals surface area contributed by atoms with E-state index in [1.807, 2.05) is 31.2 Å². The van der Waals surface area contributed by atoms with Crippen LogP contribution in [0.5, 0.6) is 0 Å². The number of benzene rings is 1. The number of hydrogen-bond acceptors (Lipinski definition) is 0. The molecule has 0 spiro atoms. The first kappa shape index (κ1) is 8.67. The Morgan fingerprint density at radius 3 is 2.31 bits per heavy atom. The van der Waals surface area contributed by atoms with Crippen molar-refractivity contribution in [1.82, 2.24) is 0 Å². The van der Waals surface area contributed by atoms with Crippen LogP contribution in [0, 0.1) is 6.92 Å². The van der Waals surface area contributed by atoms with Crippen LogP contribution in [0.25, 0.3) is 0 Å². The summed E-state index contributed by atoms with van der Waals surface area (Å²) in [7, 11) is 0. The van der Waals surface area contributed by atoms with Crippen molar-refractivity contribution < 1.29 is 8.78 Å². The van der Waals surface area contributed by atoms with Crippen LogP contribution in [0.3, 0.4) is 0 Å². The van der Waals surface area contributed by atoms with Gasteiger partial charge in [0, 0.05) is 0 Å². The van der Waals surface area contributed by atoms with Crippen molar-refractivity contribution in [2.24, 2.45) is 0 Å². The third-order valence-corrected chi connectivity index (χ3v) is 2.89. The van der Waals surface area contributed by atoms with Gasteiger partial charge in [-0.25, -0.2) is 8.78 Å². The molecule has 0 heterocycles. The van der Waals surface area contributed by atoms with Crippen LogP contribution < -0.4 is 0 Å². The Morgan fingerprint density at radius 2 is 1.85 bits per heavy atom. The highest BCUT2D eigenvalue weighted by molar-refractivity contribution is 5.38. The molecule has 1 aliphatic rings. The average molecular weight is 182 g/mol. The highest BCUT2D eigenvalue weighted by Gasteiger charge is 2.52. The smallest absolute Gasteiger partial charge is 0.210 e. The van der Waals surface area contributed by atoms with Gasteiger partial charge >= 0.3 is 0 Å². The number of rotatable bonds is 2. The molecule has 0 unspecified atom stereocenters. The molecule has 1 aromatic rings. The lowest BCUT2D eigenvalue weighted by molar-refractivity contribution is 0.101. The standard InChI is InChI=1S/C11H12F2/c1-8-4-2-3-5-9(8)11(6-7-11)10(12)13/h2-5,10H,6-7H2,1H3. The number of halogens is 2. The summed E-state index contributed by atoms with van der Waals surface area (Å²) in [6.07, 6.45) is -0.945. The molecule has 1 aliphatic carbocycles. The van der Waals surface area contributed by atoms with E-state index in [1.54, 1.807) is 0 Å². The zero-order chi connectivity index (χ0) is 9.47. The third kappa shape index (κ3) is 1.25. The number of hydrogen-bond donors (Lipinski definition) is 0. The summed E-state index contributed by atoms with van der Waals surface area (Å²) < 4.78 is 25.5. The van der Waals surface area contributed by atoms with Gasteiger partial charge in [0.1, 0.15) is 0 Å². The van der Waals surface area contributed by atoms with Gasteiger partial charge in [-0.05, 0) is 30.9 Å². The van der Waals surface area contributed by atoms with Crippen molar-refractivity contribution in [3.05, 3.63) is 35.4 Å².